The van der Waals surface area contributed by atoms with Crippen molar-refractivity contribution in [2.45, 2.75) is 37.4 Å². The molecule has 0 bridgehead atoms. The van der Waals surface area contributed by atoms with Crippen molar-refractivity contribution in [2.75, 3.05) is 26.0 Å². The Bertz CT molecular complexity index is 1310. The first kappa shape index (κ1) is 23.7. The number of pyridine rings is 1. The summed E-state index contributed by atoms with van der Waals surface area (Å²) in [6, 6.07) is 11.9. The van der Waals surface area contributed by atoms with Crippen molar-refractivity contribution < 1.29 is 22.7 Å². The molecule has 1 fully saturated rings. The second-order valence-corrected chi connectivity index (χ2v) is 10.2. The molecular formula is C24H28N4O5S. The number of hydrogen-bond acceptors (Lipinski definition) is 6. The second-order valence-electron chi connectivity index (χ2n) is 8.32. The van der Waals surface area contributed by atoms with E-state index in [0.717, 1.165) is 37.8 Å². The van der Waals surface area contributed by atoms with Gasteiger partial charge in [0.1, 0.15) is 5.75 Å². The zero-order chi connectivity index (χ0) is 24.3. The maximum Gasteiger partial charge on any atom is 0.272 e. The fourth-order valence-electron chi connectivity index (χ4n) is 4.16. The van der Waals surface area contributed by atoms with Crippen LogP contribution < -0.4 is 10.1 Å². The molecule has 1 aromatic carbocycles. The normalized spacial score (nSPS) is 14.8. The molecule has 180 valence electrons. The van der Waals surface area contributed by atoms with Gasteiger partial charge in [0.2, 0.25) is 15.0 Å². The third-order valence-corrected chi connectivity index (χ3v) is 6.83. The highest BCUT2D eigenvalue weighted by molar-refractivity contribution is 7.90. The maximum absolute atomic E-state index is 13.2. The maximum atomic E-state index is 13.2. The number of carbonyl (C=O) groups excluding carboxylic acids is 2. The third-order valence-electron chi connectivity index (χ3n) is 5.88. The number of sulfone groups is 1. The molecule has 1 unspecified atom stereocenters. The number of aromatic nitrogens is 2. The summed E-state index contributed by atoms with van der Waals surface area (Å²) in [5, 5.41) is 2.77. The summed E-state index contributed by atoms with van der Waals surface area (Å²) in [5.41, 5.74) is 1.16. The standard InChI is InChI=1S/C24H28N4O5S/c1-3-18(17-10-4-5-12-20(17)33-16-21(29)27-13-8-9-14-27)25-23(30)22-19-11-6-7-15-28(19)24(26-22)34(2,31)32/h4-7,10-12,15,18H,3,8-9,13-14,16H2,1-2H3,(H,25,30). The first-order chi connectivity index (χ1) is 16.3. The molecule has 0 spiro atoms. The molecule has 1 aliphatic rings. The summed E-state index contributed by atoms with van der Waals surface area (Å²) in [7, 11) is -3.64. The average molecular weight is 485 g/mol. The van der Waals surface area contributed by atoms with Crippen molar-refractivity contribution >= 4 is 27.2 Å². The molecule has 0 saturated carbocycles. The molecule has 0 radical (unpaired) electrons. The van der Waals surface area contributed by atoms with E-state index in [2.05, 4.69) is 10.3 Å². The highest BCUT2D eigenvalue weighted by Gasteiger charge is 2.26. The Labute approximate surface area is 198 Å². The van der Waals surface area contributed by atoms with Gasteiger partial charge in [-0.15, -0.1) is 0 Å². The van der Waals surface area contributed by atoms with Gasteiger partial charge in [0.05, 0.1) is 11.6 Å². The van der Waals surface area contributed by atoms with E-state index < -0.39 is 21.8 Å². The SMILES string of the molecule is CCC(NC(=O)c1nc(S(C)(=O)=O)n2ccccc12)c1ccccc1OCC(=O)N1CCCC1. The van der Waals surface area contributed by atoms with Crippen LogP contribution in [0.1, 0.15) is 48.3 Å². The summed E-state index contributed by atoms with van der Waals surface area (Å²) in [5.74, 6) is -0.0238. The van der Waals surface area contributed by atoms with E-state index in [1.807, 2.05) is 25.1 Å². The average Bonchev–Trinajstić information content (AvgIpc) is 3.49. The molecule has 1 N–H and O–H groups in total. The van der Waals surface area contributed by atoms with Crippen molar-refractivity contribution in [1.29, 1.82) is 0 Å². The fourth-order valence-corrected chi connectivity index (χ4v) is 4.94. The van der Waals surface area contributed by atoms with Crippen LogP contribution in [-0.4, -0.2) is 60.5 Å². The number of benzene rings is 1. The van der Waals surface area contributed by atoms with Gasteiger partial charge in [-0.2, -0.15) is 0 Å². The first-order valence-corrected chi connectivity index (χ1v) is 13.2. The van der Waals surface area contributed by atoms with Crippen LogP contribution in [0.5, 0.6) is 5.75 Å². The largest absolute Gasteiger partial charge is 0.483 e. The van der Waals surface area contributed by atoms with Gasteiger partial charge >= 0.3 is 0 Å². The lowest BCUT2D eigenvalue weighted by molar-refractivity contribution is -0.132. The lowest BCUT2D eigenvalue weighted by Gasteiger charge is -2.21. The van der Waals surface area contributed by atoms with Crippen molar-refractivity contribution in [1.82, 2.24) is 19.6 Å². The highest BCUT2D eigenvalue weighted by atomic mass is 32.2. The van der Waals surface area contributed by atoms with Gasteiger partial charge in [-0.1, -0.05) is 31.2 Å². The Morgan fingerprint density at radius 2 is 1.82 bits per heavy atom. The molecule has 0 aliphatic carbocycles. The number of nitrogens with one attached hydrogen (secondary N) is 1. The monoisotopic (exact) mass is 484 g/mol. The van der Waals surface area contributed by atoms with Crippen molar-refractivity contribution in [2.24, 2.45) is 0 Å². The minimum Gasteiger partial charge on any atom is -0.483 e. The fraction of sp³-hybridized carbons (Fsp3) is 0.375. The Kier molecular flexibility index (Phi) is 6.87. The molecule has 4 rings (SSSR count). The molecule has 1 aliphatic heterocycles. The number of ether oxygens (including phenoxy) is 1. The molecule has 2 aromatic heterocycles. The van der Waals surface area contributed by atoms with E-state index in [1.165, 1.54) is 4.40 Å². The van der Waals surface area contributed by atoms with Gasteiger partial charge < -0.3 is 15.0 Å². The summed E-state index contributed by atoms with van der Waals surface area (Å²) >= 11 is 0. The lowest BCUT2D eigenvalue weighted by atomic mass is 10.0. The first-order valence-electron chi connectivity index (χ1n) is 11.3. The number of likely N-dealkylation sites (tertiary alicyclic amines) is 1. The number of carbonyl (C=O) groups is 2. The molecule has 34 heavy (non-hydrogen) atoms. The van der Waals surface area contributed by atoms with E-state index in [9.17, 15) is 18.0 Å². The van der Waals surface area contributed by atoms with Crippen molar-refractivity contribution in [3.8, 4) is 5.75 Å². The van der Waals surface area contributed by atoms with Crippen LogP contribution >= 0.6 is 0 Å². The zero-order valence-electron chi connectivity index (χ0n) is 19.2. The van der Waals surface area contributed by atoms with Gasteiger partial charge in [-0.05, 0) is 37.5 Å². The van der Waals surface area contributed by atoms with E-state index in [0.29, 0.717) is 17.7 Å². The van der Waals surface area contributed by atoms with Crippen molar-refractivity contribution in [3.05, 3.63) is 59.9 Å². The number of amides is 2. The number of hydrogen-bond donors (Lipinski definition) is 1. The van der Waals surface area contributed by atoms with E-state index in [4.69, 9.17) is 4.74 Å². The summed E-state index contributed by atoms with van der Waals surface area (Å²) in [4.78, 5) is 31.6. The van der Waals surface area contributed by atoms with Gasteiger partial charge in [0.15, 0.2) is 12.3 Å². The molecule has 3 heterocycles. The van der Waals surface area contributed by atoms with E-state index >= 15 is 0 Å². The van der Waals surface area contributed by atoms with Gasteiger partial charge in [0.25, 0.3) is 11.8 Å². The van der Waals surface area contributed by atoms with Crippen LogP contribution in [0.15, 0.2) is 53.8 Å². The lowest BCUT2D eigenvalue weighted by Crippen LogP contribution is -2.33. The minimum absolute atomic E-state index is 0.0297. The predicted molar refractivity (Wildman–Crippen MR) is 127 cm³/mol. The zero-order valence-corrected chi connectivity index (χ0v) is 20.0. The number of para-hydroxylation sites is 1. The number of imidazole rings is 1. The van der Waals surface area contributed by atoms with Crippen LogP contribution in [-0.2, 0) is 14.6 Å². The Morgan fingerprint density at radius 1 is 1.12 bits per heavy atom. The quantitative estimate of drug-likeness (QED) is 0.526. The summed E-state index contributed by atoms with van der Waals surface area (Å²) in [6.07, 6.45) is 5.19. The summed E-state index contributed by atoms with van der Waals surface area (Å²) < 4.78 is 31.6. The van der Waals surface area contributed by atoms with Crippen molar-refractivity contribution in [3.63, 3.8) is 0 Å². The number of rotatable bonds is 8. The van der Waals surface area contributed by atoms with E-state index in [1.54, 1.807) is 35.4 Å². The predicted octanol–water partition coefficient (Wildman–Crippen LogP) is 2.62. The smallest absolute Gasteiger partial charge is 0.272 e. The molecule has 3 aromatic rings. The summed E-state index contributed by atoms with van der Waals surface area (Å²) in [6.45, 7) is 3.37. The van der Waals surface area contributed by atoms with Gasteiger partial charge in [-0.3, -0.25) is 14.0 Å². The molecule has 9 nitrogen and oxygen atoms in total. The van der Waals surface area contributed by atoms with Crippen LogP contribution in [0.25, 0.3) is 5.52 Å². The Hall–Kier alpha value is -3.40. The van der Waals surface area contributed by atoms with E-state index in [-0.39, 0.29) is 23.4 Å². The van der Waals surface area contributed by atoms with Crippen LogP contribution in [0, 0.1) is 0 Å². The highest BCUT2D eigenvalue weighted by Crippen LogP contribution is 2.28. The van der Waals surface area contributed by atoms with Gasteiger partial charge in [0, 0.05) is 31.1 Å². The molecule has 1 atom stereocenters. The number of fused-ring (bicyclic) bond motifs is 1. The Morgan fingerprint density at radius 3 is 2.53 bits per heavy atom. The minimum atomic E-state index is -3.64. The Balaban J connectivity index is 1.56. The molecule has 10 heteroatoms. The topological polar surface area (TPSA) is 110 Å². The second kappa shape index (κ2) is 9.84. The molecule has 1 saturated heterocycles. The van der Waals surface area contributed by atoms with Crippen LogP contribution in [0.4, 0.5) is 0 Å². The van der Waals surface area contributed by atoms with Crippen LogP contribution in [0.2, 0.25) is 0 Å². The third kappa shape index (κ3) is 4.91. The molecule has 2 amide bonds. The number of nitrogens with zero attached hydrogens (tertiary/aromatic N) is 3. The van der Waals surface area contributed by atoms with Gasteiger partial charge in [-0.25, -0.2) is 13.4 Å². The molecular weight excluding hydrogens is 456 g/mol. The van der Waals surface area contributed by atoms with Crippen LogP contribution in [0.3, 0.4) is 0 Å².